The molecule has 20 heavy (non-hydrogen) atoms. The lowest BCUT2D eigenvalue weighted by molar-refractivity contribution is 0.563. The van der Waals surface area contributed by atoms with Crippen LogP contribution in [-0.4, -0.2) is 19.2 Å². The average molecular weight is 309 g/mol. The first-order chi connectivity index (χ1) is 9.50. The molecule has 0 fully saturated rings. The standard InChI is InChI=1S/C15H19NO2S2/c1-3-12(2)10-20(17,18)11-15-16-9-14(19-15)13-7-5-4-6-8-13/h4-9,12H,3,10-11H2,1-2H3. The van der Waals surface area contributed by atoms with Crippen molar-refractivity contribution in [2.24, 2.45) is 5.92 Å². The third kappa shape index (κ3) is 4.15. The van der Waals surface area contributed by atoms with E-state index < -0.39 is 9.84 Å². The van der Waals surface area contributed by atoms with Crippen molar-refractivity contribution < 1.29 is 8.42 Å². The fourth-order valence-electron chi connectivity index (χ4n) is 1.91. The Bertz CT molecular complexity index is 648. The van der Waals surface area contributed by atoms with Gasteiger partial charge in [-0.2, -0.15) is 0 Å². The summed E-state index contributed by atoms with van der Waals surface area (Å²) in [6.07, 6.45) is 2.64. The minimum atomic E-state index is -3.07. The van der Waals surface area contributed by atoms with Crippen LogP contribution in [0.25, 0.3) is 10.4 Å². The summed E-state index contributed by atoms with van der Waals surface area (Å²) < 4.78 is 24.2. The van der Waals surface area contributed by atoms with Crippen LogP contribution >= 0.6 is 11.3 Å². The summed E-state index contributed by atoms with van der Waals surface area (Å²) in [5.74, 6) is 0.493. The van der Waals surface area contributed by atoms with Gasteiger partial charge in [0.05, 0.1) is 10.6 Å². The van der Waals surface area contributed by atoms with Crippen LogP contribution in [0, 0.1) is 5.92 Å². The molecule has 1 heterocycles. The Kier molecular flexibility index (Phi) is 4.94. The number of sulfone groups is 1. The van der Waals surface area contributed by atoms with E-state index in [0.717, 1.165) is 16.9 Å². The third-order valence-corrected chi connectivity index (χ3v) is 6.21. The fraction of sp³-hybridized carbons (Fsp3) is 0.400. The Morgan fingerprint density at radius 1 is 1.25 bits per heavy atom. The first-order valence-electron chi connectivity index (χ1n) is 6.70. The highest BCUT2D eigenvalue weighted by molar-refractivity contribution is 7.90. The maximum Gasteiger partial charge on any atom is 0.157 e. The molecule has 0 radical (unpaired) electrons. The van der Waals surface area contributed by atoms with Crippen LogP contribution in [0.3, 0.4) is 0 Å². The summed E-state index contributed by atoms with van der Waals surface area (Å²) in [5.41, 5.74) is 1.08. The van der Waals surface area contributed by atoms with Crippen LogP contribution in [0.1, 0.15) is 25.3 Å². The van der Waals surface area contributed by atoms with Crippen molar-refractivity contribution in [1.29, 1.82) is 0 Å². The molecule has 0 saturated heterocycles. The predicted octanol–water partition coefficient (Wildman–Crippen LogP) is 3.77. The molecule has 1 aromatic carbocycles. The number of rotatable bonds is 6. The summed E-state index contributed by atoms with van der Waals surface area (Å²) in [6.45, 7) is 3.98. The van der Waals surface area contributed by atoms with Gasteiger partial charge in [0.1, 0.15) is 10.8 Å². The van der Waals surface area contributed by atoms with E-state index in [1.54, 1.807) is 6.20 Å². The second-order valence-electron chi connectivity index (χ2n) is 5.05. The van der Waals surface area contributed by atoms with Crippen molar-refractivity contribution in [3.05, 3.63) is 41.5 Å². The molecule has 1 unspecified atom stereocenters. The molecule has 5 heteroatoms. The first kappa shape index (κ1) is 15.2. The van der Waals surface area contributed by atoms with E-state index in [0.29, 0.717) is 5.01 Å². The molecule has 0 bridgehead atoms. The van der Waals surface area contributed by atoms with E-state index in [1.165, 1.54) is 11.3 Å². The average Bonchev–Trinajstić information content (AvgIpc) is 2.86. The molecule has 0 spiro atoms. The Morgan fingerprint density at radius 2 is 1.95 bits per heavy atom. The highest BCUT2D eigenvalue weighted by Crippen LogP contribution is 2.27. The number of thiazole rings is 1. The van der Waals surface area contributed by atoms with Gasteiger partial charge in [-0.3, -0.25) is 0 Å². The van der Waals surface area contributed by atoms with E-state index in [1.807, 2.05) is 44.2 Å². The molecular weight excluding hydrogens is 290 g/mol. The highest BCUT2D eigenvalue weighted by Gasteiger charge is 2.18. The molecule has 0 amide bonds. The fourth-order valence-corrected chi connectivity index (χ4v) is 5.08. The SMILES string of the molecule is CCC(C)CS(=O)(=O)Cc1ncc(-c2ccccc2)s1. The van der Waals surface area contributed by atoms with Gasteiger partial charge >= 0.3 is 0 Å². The number of hydrogen-bond donors (Lipinski definition) is 0. The van der Waals surface area contributed by atoms with E-state index in [-0.39, 0.29) is 17.4 Å². The molecule has 1 aromatic heterocycles. The monoisotopic (exact) mass is 309 g/mol. The van der Waals surface area contributed by atoms with Gasteiger partial charge < -0.3 is 0 Å². The van der Waals surface area contributed by atoms with Gasteiger partial charge in [-0.1, -0.05) is 50.6 Å². The van der Waals surface area contributed by atoms with E-state index in [2.05, 4.69) is 4.98 Å². The molecule has 0 aliphatic heterocycles. The lowest BCUT2D eigenvalue weighted by atomic mass is 10.2. The number of nitrogens with zero attached hydrogens (tertiary/aromatic N) is 1. The van der Waals surface area contributed by atoms with Crippen molar-refractivity contribution >= 4 is 21.2 Å². The highest BCUT2D eigenvalue weighted by atomic mass is 32.2. The number of benzene rings is 1. The molecule has 108 valence electrons. The topological polar surface area (TPSA) is 47.0 Å². The Labute approximate surface area is 124 Å². The first-order valence-corrected chi connectivity index (χ1v) is 9.34. The predicted molar refractivity (Wildman–Crippen MR) is 84.5 cm³/mol. The quantitative estimate of drug-likeness (QED) is 0.816. The van der Waals surface area contributed by atoms with Crippen LogP contribution in [0.15, 0.2) is 36.5 Å². The van der Waals surface area contributed by atoms with Gasteiger partial charge in [-0.05, 0) is 11.5 Å². The van der Waals surface area contributed by atoms with Crippen molar-refractivity contribution in [3.63, 3.8) is 0 Å². The number of aromatic nitrogens is 1. The second-order valence-corrected chi connectivity index (χ2v) is 8.28. The molecular formula is C15H19NO2S2. The Morgan fingerprint density at radius 3 is 2.60 bits per heavy atom. The summed E-state index contributed by atoms with van der Waals surface area (Å²) in [4.78, 5) is 5.26. The molecule has 2 aromatic rings. The molecule has 1 atom stereocenters. The molecule has 0 N–H and O–H groups in total. The maximum absolute atomic E-state index is 12.1. The molecule has 0 aliphatic rings. The van der Waals surface area contributed by atoms with Crippen LogP contribution in [0.4, 0.5) is 0 Å². The zero-order valence-electron chi connectivity index (χ0n) is 11.7. The van der Waals surface area contributed by atoms with E-state index >= 15 is 0 Å². The van der Waals surface area contributed by atoms with E-state index in [4.69, 9.17) is 0 Å². The van der Waals surface area contributed by atoms with Gasteiger partial charge in [-0.15, -0.1) is 11.3 Å². The van der Waals surface area contributed by atoms with Gasteiger partial charge in [0, 0.05) is 6.20 Å². The smallest absolute Gasteiger partial charge is 0.157 e. The largest absolute Gasteiger partial charge is 0.248 e. The van der Waals surface area contributed by atoms with Gasteiger partial charge in [0.25, 0.3) is 0 Å². The number of hydrogen-bond acceptors (Lipinski definition) is 4. The zero-order chi connectivity index (χ0) is 14.6. The minimum Gasteiger partial charge on any atom is -0.248 e. The van der Waals surface area contributed by atoms with Gasteiger partial charge in [0.2, 0.25) is 0 Å². The summed E-state index contributed by atoms with van der Waals surface area (Å²) >= 11 is 1.46. The third-order valence-electron chi connectivity index (χ3n) is 3.19. The van der Waals surface area contributed by atoms with Crippen LogP contribution in [-0.2, 0) is 15.6 Å². The summed E-state index contributed by atoms with van der Waals surface area (Å²) in [7, 11) is -3.07. The lowest BCUT2D eigenvalue weighted by Gasteiger charge is -2.07. The summed E-state index contributed by atoms with van der Waals surface area (Å²) in [6, 6.07) is 9.90. The van der Waals surface area contributed by atoms with Gasteiger partial charge in [-0.25, -0.2) is 13.4 Å². The summed E-state index contributed by atoms with van der Waals surface area (Å²) in [5, 5.41) is 0.673. The molecule has 3 nitrogen and oxygen atoms in total. The Balaban J connectivity index is 2.10. The van der Waals surface area contributed by atoms with Crippen LogP contribution in [0.2, 0.25) is 0 Å². The van der Waals surface area contributed by atoms with Crippen molar-refractivity contribution in [3.8, 4) is 10.4 Å². The van der Waals surface area contributed by atoms with Crippen LogP contribution < -0.4 is 0 Å². The van der Waals surface area contributed by atoms with Crippen molar-refractivity contribution in [2.75, 3.05) is 5.75 Å². The second kappa shape index (κ2) is 6.50. The van der Waals surface area contributed by atoms with Crippen LogP contribution in [0.5, 0.6) is 0 Å². The molecule has 0 saturated carbocycles. The molecule has 2 rings (SSSR count). The lowest BCUT2D eigenvalue weighted by Crippen LogP contribution is -2.15. The van der Waals surface area contributed by atoms with Gasteiger partial charge in [0.15, 0.2) is 9.84 Å². The van der Waals surface area contributed by atoms with Crippen molar-refractivity contribution in [2.45, 2.75) is 26.0 Å². The Hall–Kier alpha value is -1.20. The minimum absolute atomic E-state index is 0.0504. The molecule has 0 aliphatic carbocycles. The van der Waals surface area contributed by atoms with Crippen molar-refractivity contribution in [1.82, 2.24) is 4.98 Å². The zero-order valence-corrected chi connectivity index (χ0v) is 13.4. The van der Waals surface area contributed by atoms with E-state index in [9.17, 15) is 8.42 Å². The normalized spacial score (nSPS) is 13.3. The maximum atomic E-state index is 12.1.